The van der Waals surface area contributed by atoms with Gasteiger partial charge < -0.3 is 20.2 Å². The van der Waals surface area contributed by atoms with Crippen LogP contribution in [0.4, 0.5) is 4.79 Å². The topological polar surface area (TPSA) is 77.7 Å². The number of hydrogen-bond donors (Lipinski definition) is 3. The van der Waals surface area contributed by atoms with E-state index in [2.05, 4.69) is 15.5 Å². The Bertz CT molecular complexity index is 639. The Hall–Kier alpha value is -2.31. The summed E-state index contributed by atoms with van der Waals surface area (Å²) in [7, 11) is 0. The molecule has 6 nitrogen and oxygen atoms in total. The van der Waals surface area contributed by atoms with Crippen LogP contribution in [0, 0.1) is 0 Å². The third-order valence-electron chi connectivity index (χ3n) is 4.60. The van der Waals surface area contributed by atoms with Crippen LogP contribution in [-0.4, -0.2) is 42.3 Å². The van der Waals surface area contributed by atoms with Crippen molar-refractivity contribution < 1.29 is 14.3 Å². The van der Waals surface area contributed by atoms with Gasteiger partial charge in [0.25, 0.3) is 0 Å². The van der Waals surface area contributed by atoms with Crippen LogP contribution in [0.3, 0.4) is 0 Å². The Morgan fingerprint density at radius 1 is 1.16 bits per heavy atom. The number of nitrogens with zero attached hydrogens (tertiary/aromatic N) is 1. The summed E-state index contributed by atoms with van der Waals surface area (Å²) in [4.78, 5) is 14.6. The number of carbonyl (C=O) groups excluding carboxylic acids is 1. The fraction of sp³-hybridized carbons (Fsp3) is 0.421. The number of aliphatic hydroxyl groups excluding tert-OH is 1. The van der Waals surface area contributed by atoms with Crippen LogP contribution in [0.5, 0.6) is 0 Å². The summed E-state index contributed by atoms with van der Waals surface area (Å²) < 4.78 is 5.56. The molecule has 2 atom stereocenters. The van der Waals surface area contributed by atoms with Gasteiger partial charge in [-0.1, -0.05) is 30.3 Å². The van der Waals surface area contributed by atoms with Crippen LogP contribution in [-0.2, 0) is 0 Å². The van der Waals surface area contributed by atoms with Gasteiger partial charge in [-0.25, -0.2) is 4.79 Å². The van der Waals surface area contributed by atoms with E-state index in [0.717, 1.165) is 24.4 Å². The first-order chi connectivity index (χ1) is 12.3. The van der Waals surface area contributed by atoms with Gasteiger partial charge in [-0.15, -0.1) is 0 Å². The van der Waals surface area contributed by atoms with Gasteiger partial charge in [0.05, 0.1) is 25.0 Å². The molecule has 0 saturated carbocycles. The van der Waals surface area contributed by atoms with E-state index in [1.807, 2.05) is 42.5 Å². The zero-order valence-corrected chi connectivity index (χ0v) is 14.2. The summed E-state index contributed by atoms with van der Waals surface area (Å²) in [5.74, 6) is 0.865. The molecular formula is C19H25N3O3. The van der Waals surface area contributed by atoms with Gasteiger partial charge in [-0.2, -0.15) is 0 Å². The van der Waals surface area contributed by atoms with Crippen molar-refractivity contribution in [1.29, 1.82) is 0 Å². The number of aliphatic hydroxyl groups is 1. The first-order valence-electron chi connectivity index (χ1n) is 8.75. The highest BCUT2D eigenvalue weighted by Crippen LogP contribution is 2.24. The Balaban J connectivity index is 1.57. The summed E-state index contributed by atoms with van der Waals surface area (Å²) in [5, 5.41) is 15.3. The maximum Gasteiger partial charge on any atom is 0.315 e. The van der Waals surface area contributed by atoms with E-state index in [1.165, 1.54) is 12.8 Å². The summed E-state index contributed by atoms with van der Waals surface area (Å²) in [6.45, 7) is 2.34. The van der Waals surface area contributed by atoms with Crippen molar-refractivity contribution in [3.8, 4) is 0 Å². The molecule has 3 N–H and O–H groups in total. The Morgan fingerprint density at radius 2 is 1.92 bits per heavy atom. The van der Waals surface area contributed by atoms with Crippen molar-refractivity contribution in [2.75, 3.05) is 26.2 Å². The second-order valence-electron chi connectivity index (χ2n) is 6.27. The number of hydrogen-bond acceptors (Lipinski definition) is 4. The predicted molar refractivity (Wildman–Crippen MR) is 95.1 cm³/mol. The van der Waals surface area contributed by atoms with Crippen LogP contribution < -0.4 is 10.6 Å². The van der Waals surface area contributed by atoms with E-state index >= 15 is 0 Å². The molecule has 134 valence electrons. The minimum Gasteiger partial charge on any atom is -0.468 e. The Kier molecular flexibility index (Phi) is 6.09. The number of nitrogens with one attached hydrogen (secondary N) is 2. The molecule has 0 spiro atoms. The molecule has 1 aliphatic rings. The molecule has 1 aromatic heterocycles. The van der Waals surface area contributed by atoms with Crippen molar-refractivity contribution >= 4 is 6.03 Å². The zero-order valence-electron chi connectivity index (χ0n) is 14.2. The van der Waals surface area contributed by atoms with Gasteiger partial charge in [0.2, 0.25) is 0 Å². The molecule has 2 aromatic rings. The quantitative estimate of drug-likeness (QED) is 0.722. The summed E-state index contributed by atoms with van der Waals surface area (Å²) >= 11 is 0. The molecule has 1 unspecified atom stereocenters. The largest absolute Gasteiger partial charge is 0.468 e. The van der Waals surface area contributed by atoms with E-state index < -0.39 is 6.04 Å². The van der Waals surface area contributed by atoms with Crippen molar-refractivity contribution in [2.24, 2.45) is 0 Å². The molecule has 25 heavy (non-hydrogen) atoms. The van der Waals surface area contributed by atoms with Gasteiger partial charge in [0.15, 0.2) is 0 Å². The maximum atomic E-state index is 12.3. The molecule has 1 saturated heterocycles. The molecule has 1 aliphatic heterocycles. The molecule has 2 heterocycles. The molecule has 2 amide bonds. The van der Waals surface area contributed by atoms with E-state index in [1.54, 1.807) is 6.26 Å². The highest BCUT2D eigenvalue weighted by Gasteiger charge is 2.26. The normalized spacial score (nSPS) is 17.2. The van der Waals surface area contributed by atoms with Crippen LogP contribution in [0.25, 0.3) is 0 Å². The number of likely N-dealkylation sites (tertiary alicyclic amines) is 1. The van der Waals surface area contributed by atoms with Crippen LogP contribution in [0.15, 0.2) is 53.1 Å². The smallest absolute Gasteiger partial charge is 0.315 e. The Labute approximate surface area is 147 Å². The van der Waals surface area contributed by atoms with Crippen molar-refractivity contribution in [3.05, 3.63) is 60.1 Å². The van der Waals surface area contributed by atoms with E-state index in [9.17, 15) is 9.90 Å². The van der Waals surface area contributed by atoms with Crippen LogP contribution in [0.2, 0.25) is 0 Å². The third-order valence-corrected chi connectivity index (χ3v) is 4.60. The van der Waals surface area contributed by atoms with Crippen molar-refractivity contribution in [2.45, 2.75) is 24.9 Å². The van der Waals surface area contributed by atoms with E-state index in [-0.39, 0.29) is 18.7 Å². The summed E-state index contributed by atoms with van der Waals surface area (Å²) in [6.07, 6.45) is 4.00. The maximum absolute atomic E-state index is 12.3. The van der Waals surface area contributed by atoms with E-state index in [0.29, 0.717) is 6.54 Å². The lowest BCUT2D eigenvalue weighted by Crippen LogP contribution is -2.43. The number of benzene rings is 1. The predicted octanol–water partition coefficient (Wildman–Crippen LogP) is 2.45. The molecule has 3 rings (SSSR count). The number of furan rings is 1. The molecule has 1 fully saturated rings. The van der Waals surface area contributed by atoms with E-state index in [4.69, 9.17) is 4.42 Å². The average Bonchev–Trinajstić information content (AvgIpc) is 3.35. The average molecular weight is 343 g/mol. The molecule has 1 aromatic carbocycles. The van der Waals surface area contributed by atoms with Gasteiger partial charge >= 0.3 is 6.03 Å². The zero-order chi connectivity index (χ0) is 17.5. The minimum atomic E-state index is -0.421. The fourth-order valence-corrected chi connectivity index (χ4v) is 3.26. The van der Waals surface area contributed by atoms with Crippen LogP contribution >= 0.6 is 0 Å². The van der Waals surface area contributed by atoms with Crippen LogP contribution in [0.1, 0.15) is 36.2 Å². The molecule has 0 radical (unpaired) electrons. The van der Waals surface area contributed by atoms with Gasteiger partial charge in [0, 0.05) is 6.54 Å². The summed E-state index contributed by atoms with van der Waals surface area (Å²) in [6, 6.07) is 12.6. The molecule has 0 aliphatic carbocycles. The second-order valence-corrected chi connectivity index (χ2v) is 6.27. The monoisotopic (exact) mass is 343 g/mol. The number of amides is 2. The summed E-state index contributed by atoms with van der Waals surface area (Å²) in [5.41, 5.74) is 0.877. The highest BCUT2D eigenvalue weighted by molar-refractivity contribution is 5.74. The Morgan fingerprint density at radius 3 is 2.56 bits per heavy atom. The lowest BCUT2D eigenvalue weighted by Gasteiger charge is -2.26. The third kappa shape index (κ3) is 4.61. The SMILES string of the molecule is O=C(NCC(c1ccco1)N1CCCC1)N[C@H](CO)c1ccccc1. The lowest BCUT2D eigenvalue weighted by atomic mass is 10.1. The number of urea groups is 1. The lowest BCUT2D eigenvalue weighted by molar-refractivity contribution is 0.196. The second kappa shape index (κ2) is 8.69. The van der Waals surface area contributed by atoms with Gasteiger partial charge in [0.1, 0.15) is 5.76 Å². The number of carbonyl (C=O) groups is 1. The number of rotatable bonds is 7. The van der Waals surface area contributed by atoms with Gasteiger partial charge in [-0.05, 0) is 43.6 Å². The van der Waals surface area contributed by atoms with Crippen molar-refractivity contribution in [3.63, 3.8) is 0 Å². The minimum absolute atomic E-state index is 0.0348. The molecular weight excluding hydrogens is 318 g/mol. The standard InChI is InChI=1S/C19H25N3O3/c23-14-16(15-7-2-1-3-8-15)21-19(24)20-13-17(18-9-6-12-25-18)22-10-4-5-11-22/h1-3,6-9,12,16-17,23H,4-5,10-11,13-14H2,(H2,20,21,24)/t16-,17?/m1/s1. The molecule has 6 heteroatoms. The fourth-order valence-electron chi connectivity index (χ4n) is 3.26. The highest BCUT2D eigenvalue weighted by atomic mass is 16.3. The first kappa shape index (κ1) is 17.5. The van der Waals surface area contributed by atoms with Crippen molar-refractivity contribution in [1.82, 2.24) is 15.5 Å². The first-order valence-corrected chi connectivity index (χ1v) is 8.75. The molecule has 0 bridgehead atoms. The van der Waals surface area contributed by atoms with Gasteiger partial charge in [-0.3, -0.25) is 4.90 Å².